The molecular formula is C23H21F4N5O6S. The van der Waals surface area contributed by atoms with E-state index in [1.54, 1.807) is 0 Å². The third kappa shape index (κ3) is 7.76. The van der Waals surface area contributed by atoms with Gasteiger partial charge in [0, 0.05) is 6.20 Å². The van der Waals surface area contributed by atoms with Crippen molar-refractivity contribution in [3.05, 3.63) is 64.0 Å². The number of anilines is 1. The quantitative estimate of drug-likeness (QED) is 0.191. The lowest BCUT2D eigenvalue weighted by atomic mass is 10.1. The Morgan fingerprint density at radius 3 is 2.64 bits per heavy atom. The van der Waals surface area contributed by atoms with Gasteiger partial charge in [-0.15, -0.1) is 11.3 Å². The van der Waals surface area contributed by atoms with Gasteiger partial charge in [-0.05, 0) is 43.2 Å². The van der Waals surface area contributed by atoms with E-state index in [1.807, 2.05) is 5.32 Å². The molecule has 208 valence electrons. The van der Waals surface area contributed by atoms with Crippen molar-refractivity contribution < 1.29 is 41.8 Å². The molecule has 0 bridgehead atoms. The van der Waals surface area contributed by atoms with E-state index < -0.39 is 47.8 Å². The first kappa shape index (κ1) is 29.1. The number of carbonyl (C=O) groups excluding carboxylic acids is 2. The normalized spacial score (nSPS) is 12.5. The summed E-state index contributed by atoms with van der Waals surface area (Å²) < 4.78 is 57.5. The number of alkyl halides is 4. The average molecular weight is 572 g/mol. The van der Waals surface area contributed by atoms with Crippen LogP contribution in [0.1, 0.15) is 17.8 Å². The molecule has 11 nitrogen and oxygen atoms in total. The van der Waals surface area contributed by atoms with Crippen molar-refractivity contribution in [2.24, 2.45) is 5.73 Å². The van der Waals surface area contributed by atoms with Crippen LogP contribution in [0.2, 0.25) is 0 Å². The van der Waals surface area contributed by atoms with E-state index in [4.69, 9.17) is 10.8 Å². The standard InChI is InChI=1S/C23H21F4N5O6S/c24-21(25)23(26,27)38-15-8-3-6-12-18(15)39-17(29-12)11-32-10-4-7-14(20(32)35)30-19(34)13(31-22(36)37)5-1-2-9-16(28)33/h2-4,6-10,13,21,31H,1,5,11H2,(H2,28,33)(H,30,34)(H,36,37)/b9-2+/t13-/m0/s1. The van der Waals surface area contributed by atoms with E-state index in [9.17, 15) is 36.7 Å². The lowest BCUT2D eigenvalue weighted by Gasteiger charge is -2.16. The van der Waals surface area contributed by atoms with Crippen molar-refractivity contribution in [1.82, 2.24) is 14.9 Å². The number of carboxylic acid groups (broad SMARTS) is 1. The van der Waals surface area contributed by atoms with Gasteiger partial charge in [0.1, 0.15) is 22.5 Å². The summed E-state index contributed by atoms with van der Waals surface area (Å²) in [5.41, 5.74) is 4.29. The molecule has 0 spiro atoms. The van der Waals surface area contributed by atoms with Gasteiger partial charge >= 0.3 is 18.6 Å². The van der Waals surface area contributed by atoms with Crippen LogP contribution >= 0.6 is 11.3 Å². The van der Waals surface area contributed by atoms with Crippen molar-refractivity contribution >= 4 is 45.1 Å². The maximum absolute atomic E-state index is 13.4. The van der Waals surface area contributed by atoms with Crippen LogP contribution in [0, 0.1) is 0 Å². The number of amides is 3. The van der Waals surface area contributed by atoms with Crippen molar-refractivity contribution in [3.8, 4) is 5.75 Å². The second-order valence-corrected chi connectivity index (χ2v) is 8.99. The van der Waals surface area contributed by atoms with Crippen LogP contribution in [0.4, 0.5) is 28.0 Å². The Morgan fingerprint density at radius 2 is 1.97 bits per heavy atom. The van der Waals surface area contributed by atoms with Gasteiger partial charge in [-0.3, -0.25) is 14.4 Å². The monoisotopic (exact) mass is 571 g/mol. The zero-order valence-corrected chi connectivity index (χ0v) is 20.6. The van der Waals surface area contributed by atoms with Gasteiger partial charge in [0.05, 0.1) is 16.8 Å². The molecule has 3 rings (SSSR count). The second kappa shape index (κ2) is 12.4. The number of allylic oxidation sites excluding steroid dienone is 1. The molecule has 3 amide bonds. The number of nitrogens with zero attached hydrogens (tertiary/aromatic N) is 2. The van der Waals surface area contributed by atoms with Gasteiger partial charge < -0.3 is 30.8 Å². The lowest BCUT2D eigenvalue weighted by Crippen LogP contribution is -2.44. The zero-order chi connectivity index (χ0) is 28.7. The molecule has 1 atom stereocenters. The highest BCUT2D eigenvalue weighted by Gasteiger charge is 2.44. The number of nitrogens with one attached hydrogen (secondary N) is 2. The molecule has 39 heavy (non-hydrogen) atoms. The van der Waals surface area contributed by atoms with E-state index >= 15 is 0 Å². The molecule has 3 aromatic rings. The van der Waals surface area contributed by atoms with Gasteiger partial charge in [0.2, 0.25) is 11.8 Å². The van der Waals surface area contributed by atoms with Gasteiger partial charge in [-0.1, -0.05) is 12.1 Å². The molecule has 0 aliphatic heterocycles. The molecule has 0 radical (unpaired) electrons. The van der Waals surface area contributed by atoms with Crippen LogP contribution in [0.5, 0.6) is 5.75 Å². The third-order valence-corrected chi connectivity index (χ3v) is 6.10. The summed E-state index contributed by atoms with van der Waals surface area (Å²) >= 11 is 0.849. The highest BCUT2D eigenvalue weighted by molar-refractivity contribution is 7.19. The summed E-state index contributed by atoms with van der Waals surface area (Å²) in [6.45, 7) is -0.165. The lowest BCUT2D eigenvalue weighted by molar-refractivity contribution is -0.252. The number of thiazole rings is 1. The molecule has 16 heteroatoms. The SMILES string of the molecule is NC(=O)/C=C/CC[C@H](NC(=O)O)C(=O)Nc1cccn(Cc2nc3cccc(OC(F)(F)C(F)F)c3s2)c1=O. The Hall–Kier alpha value is -4.47. The number of nitrogens with two attached hydrogens (primary N) is 1. The number of hydrogen-bond acceptors (Lipinski definition) is 7. The van der Waals surface area contributed by atoms with Crippen LogP contribution in [-0.2, 0) is 16.1 Å². The summed E-state index contributed by atoms with van der Waals surface area (Å²) in [7, 11) is 0. The molecule has 2 aromatic heterocycles. The predicted molar refractivity (Wildman–Crippen MR) is 132 cm³/mol. The highest BCUT2D eigenvalue weighted by Crippen LogP contribution is 2.36. The number of halogens is 4. The fourth-order valence-corrected chi connectivity index (χ4v) is 4.32. The third-order valence-electron chi connectivity index (χ3n) is 5.03. The predicted octanol–water partition coefficient (Wildman–Crippen LogP) is 3.14. The highest BCUT2D eigenvalue weighted by atomic mass is 32.1. The number of pyridine rings is 1. The Bertz CT molecular complexity index is 1460. The van der Waals surface area contributed by atoms with E-state index in [0.29, 0.717) is 0 Å². The average Bonchev–Trinajstić information content (AvgIpc) is 3.26. The molecular weight excluding hydrogens is 550 g/mol. The van der Waals surface area contributed by atoms with Crippen LogP contribution in [-0.4, -0.2) is 51.1 Å². The number of primary amides is 1. The Kier molecular flexibility index (Phi) is 9.24. The molecule has 2 heterocycles. The number of fused-ring (bicyclic) bond motifs is 1. The molecule has 0 saturated carbocycles. The van der Waals surface area contributed by atoms with Crippen molar-refractivity contribution in [2.75, 3.05) is 5.32 Å². The minimum Gasteiger partial charge on any atom is -0.465 e. The Balaban J connectivity index is 1.79. The van der Waals surface area contributed by atoms with E-state index in [1.165, 1.54) is 36.5 Å². The number of carbonyl (C=O) groups is 3. The molecule has 0 aliphatic rings. The first-order valence-corrected chi connectivity index (χ1v) is 11.9. The van der Waals surface area contributed by atoms with Gasteiger partial charge in [0.15, 0.2) is 0 Å². The maximum Gasteiger partial charge on any atom is 0.461 e. The summed E-state index contributed by atoms with van der Waals surface area (Å²) in [4.78, 5) is 51.7. The Morgan fingerprint density at radius 1 is 1.23 bits per heavy atom. The summed E-state index contributed by atoms with van der Waals surface area (Å²) in [6, 6.07) is 5.30. The van der Waals surface area contributed by atoms with Crippen molar-refractivity contribution in [1.29, 1.82) is 0 Å². The molecule has 0 aliphatic carbocycles. The molecule has 0 saturated heterocycles. The minimum atomic E-state index is -4.71. The molecule has 1 aromatic carbocycles. The van der Waals surface area contributed by atoms with Crippen LogP contribution in [0.25, 0.3) is 10.2 Å². The maximum atomic E-state index is 13.4. The topological polar surface area (TPSA) is 166 Å². The Labute approximate surface area is 220 Å². The van der Waals surface area contributed by atoms with Crippen molar-refractivity contribution in [2.45, 2.75) is 38.0 Å². The number of rotatable bonds is 12. The first-order chi connectivity index (χ1) is 18.4. The smallest absolute Gasteiger partial charge is 0.461 e. The number of ether oxygens (including phenoxy) is 1. The first-order valence-electron chi connectivity index (χ1n) is 11.1. The fraction of sp³-hybridized carbons (Fsp3) is 0.261. The van der Waals surface area contributed by atoms with Gasteiger partial charge in [-0.2, -0.15) is 17.6 Å². The van der Waals surface area contributed by atoms with Gasteiger partial charge in [-0.25, -0.2) is 9.78 Å². The molecule has 0 fully saturated rings. The summed E-state index contributed by atoms with van der Waals surface area (Å²) in [5, 5.41) is 13.7. The largest absolute Gasteiger partial charge is 0.465 e. The van der Waals surface area contributed by atoms with E-state index in [2.05, 4.69) is 15.0 Å². The second-order valence-electron chi connectivity index (χ2n) is 7.90. The number of benzene rings is 1. The minimum absolute atomic E-state index is 0.0380. The zero-order valence-electron chi connectivity index (χ0n) is 19.8. The van der Waals surface area contributed by atoms with E-state index in [0.717, 1.165) is 28.0 Å². The van der Waals surface area contributed by atoms with Crippen LogP contribution < -0.4 is 26.7 Å². The van der Waals surface area contributed by atoms with Crippen LogP contribution in [0.3, 0.4) is 0 Å². The summed E-state index contributed by atoms with van der Waals surface area (Å²) in [6.07, 6.45) is -6.35. The number of aromatic nitrogens is 2. The summed E-state index contributed by atoms with van der Waals surface area (Å²) in [5.74, 6) is -2.05. The number of hydrogen-bond donors (Lipinski definition) is 4. The molecule has 5 N–H and O–H groups in total. The van der Waals surface area contributed by atoms with Crippen molar-refractivity contribution in [3.63, 3.8) is 0 Å². The van der Waals surface area contributed by atoms with E-state index in [-0.39, 0.29) is 40.3 Å². The van der Waals surface area contributed by atoms with Gasteiger partial charge in [0.25, 0.3) is 5.56 Å². The molecule has 0 unspecified atom stereocenters. The fourth-order valence-electron chi connectivity index (χ4n) is 3.31. The van der Waals surface area contributed by atoms with Crippen LogP contribution in [0.15, 0.2) is 53.5 Å².